The molecule has 1 saturated heterocycles. The first-order chi connectivity index (χ1) is 17.2. The van der Waals surface area contributed by atoms with Gasteiger partial charge in [0.15, 0.2) is 0 Å². The summed E-state index contributed by atoms with van der Waals surface area (Å²) in [5, 5.41) is 0. The van der Waals surface area contributed by atoms with Crippen LogP contribution in [0.2, 0.25) is 0 Å². The third-order valence-electron chi connectivity index (χ3n) is 6.73. The Balaban J connectivity index is 1.31. The molecule has 3 aromatic rings. The molecule has 184 valence electrons. The molecule has 0 bridgehead atoms. The topological polar surface area (TPSA) is 95.1 Å². The minimum absolute atomic E-state index is 0.110. The van der Waals surface area contributed by atoms with Crippen molar-refractivity contribution in [2.75, 3.05) is 36.0 Å². The molecule has 0 aliphatic carbocycles. The fourth-order valence-corrected chi connectivity index (χ4v) is 6.47. The Hall–Kier alpha value is -3.82. The molecule has 0 unspecified atom stereocenters. The maximum Gasteiger partial charge on any atom is 0.266 e. The molecule has 5 rings (SSSR count). The van der Waals surface area contributed by atoms with E-state index in [9.17, 15) is 22.8 Å². The van der Waals surface area contributed by atoms with Gasteiger partial charge in [-0.15, -0.1) is 0 Å². The van der Waals surface area contributed by atoms with E-state index in [1.807, 2.05) is 26.0 Å². The van der Waals surface area contributed by atoms with E-state index in [-0.39, 0.29) is 4.90 Å². The van der Waals surface area contributed by atoms with Crippen LogP contribution in [0.25, 0.3) is 0 Å². The molecule has 0 aromatic heterocycles. The second-order valence-corrected chi connectivity index (χ2v) is 10.9. The second kappa shape index (κ2) is 9.00. The zero-order chi connectivity index (χ0) is 25.6. The summed E-state index contributed by atoms with van der Waals surface area (Å²) in [7, 11) is -3.75. The van der Waals surface area contributed by atoms with Gasteiger partial charge in [-0.2, -0.15) is 4.31 Å². The van der Waals surface area contributed by atoms with Crippen LogP contribution in [0.3, 0.4) is 0 Å². The number of nitrogens with zero attached hydrogens (tertiary/aromatic N) is 3. The van der Waals surface area contributed by atoms with Crippen LogP contribution in [-0.2, 0) is 10.0 Å². The molecule has 2 aliphatic heterocycles. The number of benzene rings is 3. The third-order valence-corrected chi connectivity index (χ3v) is 8.64. The van der Waals surface area contributed by atoms with E-state index < -0.39 is 21.8 Å². The number of anilines is 2. The van der Waals surface area contributed by atoms with Gasteiger partial charge in [0.25, 0.3) is 11.8 Å². The first-order valence-corrected chi connectivity index (χ1v) is 13.1. The van der Waals surface area contributed by atoms with Crippen LogP contribution < -0.4 is 9.80 Å². The number of aryl methyl sites for hydroxylation is 2. The van der Waals surface area contributed by atoms with Gasteiger partial charge in [-0.25, -0.2) is 13.3 Å². The van der Waals surface area contributed by atoms with Gasteiger partial charge in [-0.3, -0.25) is 14.4 Å². The lowest BCUT2D eigenvalue weighted by molar-refractivity contribution is 0.0925. The summed E-state index contributed by atoms with van der Waals surface area (Å²) in [4.78, 5) is 39.9. The number of hydrogen-bond donors (Lipinski definition) is 0. The molecule has 8 nitrogen and oxygen atoms in total. The highest BCUT2D eigenvalue weighted by atomic mass is 32.2. The highest BCUT2D eigenvalue weighted by Gasteiger charge is 2.36. The van der Waals surface area contributed by atoms with Crippen LogP contribution in [0.5, 0.6) is 0 Å². The smallest absolute Gasteiger partial charge is 0.266 e. The maximum absolute atomic E-state index is 13.3. The number of hydrogen-bond acceptors (Lipinski definition) is 6. The van der Waals surface area contributed by atoms with Crippen LogP contribution in [0.15, 0.2) is 65.6 Å². The fourth-order valence-electron chi connectivity index (χ4n) is 5.05. The second-order valence-electron chi connectivity index (χ2n) is 9.00. The number of sulfonamides is 1. The number of fused-ring (bicyclic) bond motifs is 1. The first kappa shape index (κ1) is 23.9. The van der Waals surface area contributed by atoms with Crippen molar-refractivity contribution < 1.29 is 22.8 Å². The Morgan fingerprint density at radius 3 is 1.81 bits per heavy atom. The SMILES string of the molecule is Cc1cc(C=O)cc(C)c1N1CCN(S(=O)(=O)c2ccc(N3C(=O)c4ccccc4C3=O)cc2)CC1. The number of piperazine rings is 1. The summed E-state index contributed by atoms with van der Waals surface area (Å²) in [5.41, 5.74) is 4.62. The number of imide groups is 1. The minimum Gasteiger partial charge on any atom is -0.368 e. The summed E-state index contributed by atoms with van der Waals surface area (Å²) in [6.07, 6.45) is 0.827. The molecule has 3 aromatic carbocycles. The number of aldehydes is 1. The number of amides is 2. The molecule has 0 N–H and O–H groups in total. The molecule has 0 spiro atoms. The van der Waals surface area contributed by atoms with Crippen LogP contribution in [0.1, 0.15) is 42.2 Å². The van der Waals surface area contributed by atoms with E-state index in [1.165, 1.54) is 28.6 Å². The summed E-state index contributed by atoms with van der Waals surface area (Å²) in [5.74, 6) is -0.844. The molecular weight excluding hydrogens is 478 g/mol. The van der Waals surface area contributed by atoms with Crippen molar-refractivity contribution in [3.05, 3.63) is 88.5 Å². The normalized spacial score (nSPS) is 16.4. The van der Waals surface area contributed by atoms with Gasteiger partial charge in [-0.05, 0) is 73.5 Å². The largest absolute Gasteiger partial charge is 0.368 e. The van der Waals surface area contributed by atoms with Crippen molar-refractivity contribution in [3.8, 4) is 0 Å². The van der Waals surface area contributed by atoms with Gasteiger partial charge in [0.05, 0.1) is 21.7 Å². The first-order valence-electron chi connectivity index (χ1n) is 11.6. The Morgan fingerprint density at radius 1 is 0.778 bits per heavy atom. The van der Waals surface area contributed by atoms with Crippen molar-refractivity contribution >= 4 is 39.5 Å². The molecule has 0 radical (unpaired) electrons. The highest BCUT2D eigenvalue weighted by molar-refractivity contribution is 7.89. The van der Waals surface area contributed by atoms with Crippen molar-refractivity contribution in [1.82, 2.24) is 4.31 Å². The van der Waals surface area contributed by atoms with Gasteiger partial charge >= 0.3 is 0 Å². The average Bonchev–Trinajstić information content (AvgIpc) is 3.14. The molecular formula is C27H25N3O5S. The summed E-state index contributed by atoms with van der Waals surface area (Å²) >= 11 is 0. The molecule has 2 amide bonds. The molecule has 9 heteroatoms. The number of rotatable bonds is 5. The monoisotopic (exact) mass is 503 g/mol. The van der Waals surface area contributed by atoms with Gasteiger partial charge in [0.2, 0.25) is 10.0 Å². The van der Waals surface area contributed by atoms with E-state index >= 15 is 0 Å². The molecule has 0 atom stereocenters. The van der Waals surface area contributed by atoms with Crippen LogP contribution in [0, 0.1) is 13.8 Å². The predicted octanol–water partition coefficient (Wildman–Crippen LogP) is 3.43. The highest BCUT2D eigenvalue weighted by Crippen LogP contribution is 2.31. The Kier molecular flexibility index (Phi) is 5.97. The third kappa shape index (κ3) is 3.90. The minimum atomic E-state index is -3.75. The lowest BCUT2D eigenvalue weighted by Gasteiger charge is -2.37. The van der Waals surface area contributed by atoms with Gasteiger partial charge in [0, 0.05) is 37.4 Å². The Bertz CT molecular complexity index is 1430. The van der Waals surface area contributed by atoms with E-state index in [0.29, 0.717) is 48.6 Å². The van der Waals surface area contributed by atoms with Crippen molar-refractivity contribution in [2.45, 2.75) is 18.7 Å². The van der Waals surface area contributed by atoms with E-state index in [1.54, 1.807) is 24.3 Å². The standard InChI is InChI=1S/C27H25N3O5S/c1-18-15-20(17-31)16-19(2)25(18)28-11-13-29(14-12-28)36(34,35)22-9-7-21(8-10-22)30-26(32)23-5-3-4-6-24(23)27(30)33/h3-10,15-17H,11-14H2,1-2H3. The molecule has 2 heterocycles. The molecule has 1 fully saturated rings. The van der Waals surface area contributed by atoms with E-state index in [2.05, 4.69) is 4.90 Å². The number of carbonyl (C=O) groups is 3. The summed E-state index contributed by atoms with van der Waals surface area (Å²) in [6, 6.07) is 16.2. The van der Waals surface area contributed by atoms with Crippen molar-refractivity contribution in [2.24, 2.45) is 0 Å². The predicted molar refractivity (Wildman–Crippen MR) is 136 cm³/mol. The van der Waals surface area contributed by atoms with E-state index in [4.69, 9.17) is 0 Å². The van der Waals surface area contributed by atoms with Gasteiger partial charge in [-0.1, -0.05) is 12.1 Å². The van der Waals surface area contributed by atoms with Crippen molar-refractivity contribution in [3.63, 3.8) is 0 Å². The van der Waals surface area contributed by atoms with Crippen LogP contribution in [0.4, 0.5) is 11.4 Å². The lowest BCUT2D eigenvalue weighted by atomic mass is 10.0. The van der Waals surface area contributed by atoms with Crippen molar-refractivity contribution in [1.29, 1.82) is 0 Å². The Morgan fingerprint density at radius 2 is 1.31 bits per heavy atom. The quantitative estimate of drug-likeness (QED) is 0.391. The molecule has 2 aliphatic rings. The van der Waals surface area contributed by atoms with E-state index in [0.717, 1.165) is 28.0 Å². The lowest BCUT2D eigenvalue weighted by Crippen LogP contribution is -2.49. The average molecular weight is 504 g/mol. The summed E-state index contributed by atoms with van der Waals surface area (Å²) < 4.78 is 28.1. The Labute approximate surface area is 209 Å². The van der Waals surface area contributed by atoms with Gasteiger partial charge < -0.3 is 4.90 Å². The maximum atomic E-state index is 13.3. The fraction of sp³-hybridized carbons (Fsp3) is 0.222. The van der Waals surface area contributed by atoms with Gasteiger partial charge in [0.1, 0.15) is 6.29 Å². The van der Waals surface area contributed by atoms with Crippen LogP contribution >= 0.6 is 0 Å². The zero-order valence-electron chi connectivity index (χ0n) is 20.0. The summed E-state index contributed by atoms with van der Waals surface area (Å²) in [6.45, 7) is 5.58. The molecule has 36 heavy (non-hydrogen) atoms. The number of carbonyl (C=O) groups excluding carboxylic acids is 3. The zero-order valence-corrected chi connectivity index (χ0v) is 20.8. The van der Waals surface area contributed by atoms with Crippen LogP contribution in [-0.4, -0.2) is 57.0 Å². The molecule has 0 saturated carbocycles.